The second-order valence-electron chi connectivity index (χ2n) is 17.7. The van der Waals surface area contributed by atoms with Crippen molar-refractivity contribution in [3.05, 3.63) is 72.6 Å². The zero-order valence-corrected chi connectivity index (χ0v) is 32.2. The maximum atomic E-state index is 13.8. The van der Waals surface area contributed by atoms with Crippen LogP contribution in [0.1, 0.15) is 127 Å². The smallest absolute Gasteiger partial charge is 0.248 e. The molecule has 2 aromatic heterocycles. The Labute approximate surface area is 325 Å². The van der Waals surface area contributed by atoms with Gasteiger partial charge in [-0.15, -0.1) is 0 Å². The Hall–Kier alpha value is -4.48. The summed E-state index contributed by atoms with van der Waals surface area (Å²) in [6.45, 7) is 4.31. The highest BCUT2D eigenvalue weighted by atomic mass is 19.3. The lowest BCUT2D eigenvalue weighted by Crippen LogP contribution is -2.46. The van der Waals surface area contributed by atoms with Crippen LogP contribution in [0.3, 0.4) is 0 Å². The van der Waals surface area contributed by atoms with Crippen LogP contribution in [0.25, 0.3) is 33.6 Å². The normalized spacial score (nSPS) is 22.6. The third kappa shape index (κ3) is 7.89. The van der Waals surface area contributed by atoms with Crippen LogP contribution >= 0.6 is 0 Å². The van der Waals surface area contributed by atoms with Gasteiger partial charge in [0.05, 0.1) is 35.9 Å². The summed E-state index contributed by atoms with van der Waals surface area (Å²) >= 11 is 0. The predicted octanol–water partition coefficient (Wildman–Crippen LogP) is 10.5. The first-order chi connectivity index (χ1) is 26.7. The van der Waals surface area contributed by atoms with Gasteiger partial charge < -0.3 is 20.6 Å². The van der Waals surface area contributed by atoms with Crippen molar-refractivity contribution in [3.63, 3.8) is 0 Å². The molecule has 2 heterocycles. The van der Waals surface area contributed by atoms with Crippen molar-refractivity contribution >= 4 is 11.8 Å². The summed E-state index contributed by atoms with van der Waals surface area (Å²) in [4.78, 5) is 42.9. The lowest BCUT2D eigenvalue weighted by Gasteiger charge is -2.45. The second kappa shape index (κ2) is 14.8. The molecule has 56 heavy (non-hydrogen) atoms. The van der Waals surface area contributed by atoms with Gasteiger partial charge >= 0.3 is 0 Å². The van der Waals surface area contributed by atoms with Crippen LogP contribution in [-0.4, -0.2) is 43.6 Å². The molecule has 2 amide bonds. The van der Waals surface area contributed by atoms with Gasteiger partial charge in [-0.2, -0.15) is 0 Å². The molecule has 4 N–H and O–H groups in total. The average Bonchev–Trinajstić information content (AvgIpc) is 3.85. The fraction of sp³-hybridized carbons (Fsp3) is 0.545. The van der Waals surface area contributed by atoms with Gasteiger partial charge in [0.25, 0.3) is 0 Å². The molecule has 0 bridgehead atoms. The van der Waals surface area contributed by atoms with E-state index in [1.807, 2.05) is 24.3 Å². The Morgan fingerprint density at radius 2 is 0.893 bits per heavy atom. The maximum Gasteiger partial charge on any atom is 0.248 e. The molecule has 1 unspecified atom stereocenters. The molecule has 8 nitrogen and oxygen atoms in total. The largest absolute Gasteiger partial charge is 0.345 e. The third-order valence-corrected chi connectivity index (χ3v) is 13.6. The quantitative estimate of drug-likeness (QED) is 0.114. The Kier molecular flexibility index (Phi) is 10.1. The van der Waals surface area contributed by atoms with Gasteiger partial charge in [0, 0.05) is 37.5 Å². The summed E-state index contributed by atoms with van der Waals surface area (Å²) < 4.78 is 55.1. The summed E-state index contributed by atoms with van der Waals surface area (Å²) in [6, 6.07) is 15.7. The number of hydrogen-bond acceptors (Lipinski definition) is 4. The van der Waals surface area contributed by atoms with Gasteiger partial charge in [-0.25, -0.2) is 27.5 Å². The molecular formula is C44H52F4N6O2. The number of nitrogens with zero attached hydrogens (tertiary/aromatic N) is 2. The van der Waals surface area contributed by atoms with Crippen LogP contribution < -0.4 is 10.6 Å². The topological polar surface area (TPSA) is 116 Å². The number of carbonyl (C=O) groups excluding carboxylic acids is 2. The van der Waals surface area contributed by atoms with Gasteiger partial charge in [0.2, 0.25) is 23.7 Å². The number of alkyl halides is 4. The molecule has 0 spiro atoms. The molecule has 4 fully saturated rings. The van der Waals surface area contributed by atoms with Crippen LogP contribution in [-0.2, 0) is 9.59 Å². The molecule has 298 valence electrons. The van der Waals surface area contributed by atoms with E-state index in [1.54, 1.807) is 12.4 Å². The number of amides is 2. The molecular weight excluding hydrogens is 721 g/mol. The Morgan fingerprint density at radius 1 is 0.571 bits per heavy atom. The maximum absolute atomic E-state index is 13.8. The number of carbonyl (C=O) groups is 2. The summed E-state index contributed by atoms with van der Waals surface area (Å²) in [7, 11) is 0. The minimum Gasteiger partial charge on any atom is -0.345 e. The first-order valence-corrected chi connectivity index (χ1v) is 20.4. The highest BCUT2D eigenvalue weighted by Crippen LogP contribution is 2.51. The standard InChI is InChI=1S/C44H52F4N6O2/c1-41(17-3-18-41)35(53-39(55)31-13-21-43(45,46)22-14-31)37-49-25-33(51-37)29-9-5-27(6-10-29)28-7-11-30(12-8-28)34-26-50-38(52-34)36(42(2)19-4-20-42)54-40(56)32-15-23-44(47,48)24-16-32/h5-12,25-26,31-32,35-36H,3-4,13-24H2,1-2H3,(H,49,51)(H,50,52)(H,53,55)(H,54,56)/t35-,36?/m1/s1. The van der Waals surface area contributed by atoms with Gasteiger partial charge in [0.1, 0.15) is 11.6 Å². The number of benzene rings is 2. The molecule has 0 saturated heterocycles. The van der Waals surface area contributed by atoms with Crippen molar-refractivity contribution in [1.29, 1.82) is 0 Å². The number of hydrogen-bond donors (Lipinski definition) is 4. The highest BCUT2D eigenvalue weighted by molar-refractivity contribution is 5.80. The van der Waals surface area contributed by atoms with Crippen LogP contribution in [0.15, 0.2) is 60.9 Å². The van der Waals surface area contributed by atoms with Gasteiger partial charge in [-0.3, -0.25) is 9.59 Å². The van der Waals surface area contributed by atoms with Crippen molar-refractivity contribution in [2.75, 3.05) is 0 Å². The van der Waals surface area contributed by atoms with Gasteiger partial charge in [-0.1, -0.05) is 75.2 Å². The second-order valence-corrected chi connectivity index (χ2v) is 17.7. The van der Waals surface area contributed by atoms with Crippen LogP contribution in [0.4, 0.5) is 17.6 Å². The molecule has 4 aromatic rings. The lowest BCUT2D eigenvalue weighted by atomic mass is 9.65. The van der Waals surface area contributed by atoms with Crippen molar-refractivity contribution in [2.24, 2.45) is 22.7 Å². The number of halogens is 4. The average molecular weight is 773 g/mol. The fourth-order valence-corrected chi connectivity index (χ4v) is 9.26. The molecule has 0 aliphatic heterocycles. The highest BCUT2D eigenvalue weighted by Gasteiger charge is 2.46. The number of imidazole rings is 2. The lowest BCUT2D eigenvalue weighted by molar-refractivity contribution is -0.132. The zero-order valence-electron chi connectivity index (χ0n) is 32.2. The van der Waals surface area contributed by atoms with E-state index < -0.39 is 23.7 Å². The first-order valence-electron chi connectivity index (χ1n) is 20.4. The van der Waals surface area contributed by atoms with Crippen LogP contribution in [0, 0.1) is 22.7 Å². The van der Waals surface area contributed by atoms with E-state index >= 15 is 0 Å². The van der Waals surface area contributed by atoms with Crippen LogP contribution in [0.5, 0.6) is 0 Å². The molecule has 2 aromatic carbocycles. The molecule has 4 aliphatic rings. The number of aromatic amines is 2. The number of rotatable bonds is 11. The Bertz CT molecular complexity index is 1870. The number of aromatic nitrogens is 4. The van der Waals surface area contributed by atoms with Gasteiger partial charge in [0.15, 0.2) is 0 Å². The SMILES string of the molecule is CC1(C(NC(=O)C2CCC(F)(F)CC2)c2ncc(-c3ccc(-c4ccc(-c5cnc([C@@H](NC(=O)C6CCC(F)(F)CC6)C6(C)CCC6)[nH]5)cc4)cc3)[nH]2)CCC1. The third-order valence-electron chi connectivity index (χ3n) is 13.6. The minimum atomic E-state index is -2.68. The van der Waals surface area contributed by atoms with E-state index in [1.165, 1.54) is 0 Å². The number of H-pyrrole nitrogens is 2. The molecule has 4 saturated carbocycles. The molecule has 0 radical (unpaired) electrons. The van der Waals surface area contributed by atoms with Crippen molar-refractivity contribution in [1.82, 2.24) is 30.6 Å². The first kappa shape index (κ1) is 38.4. The monoisotopic (exact) mass is 772 g/mol. The van der Waals surface area contributed by atoms with Crippen molar-refractivity contribution in [3.8, 4) is 33.6 Å². The van der Waals surface area contributed by atoms with Crippen molar-refractivity contribution < 1.29 is 27.2 Å². The van der Waals surface area contributed by atoms with E-state index in [0.29, 0.717) is 11.6 Å². The summed E-state index contributed by atoms with van der Waals surface area (Å²) in [5, 5.41) is 6.41. The molecule has 12 heteroatoms. The molecule has 2 atom stereocenters. The Morgan fingerprint density at radius 3 is 1.20 bits per heavy atom. The zero-order chi connectivity index (χ0) is 39.3. The summed E-state index contributed by atoms with van der Waals surface area (Å²) in [5.41, 5.74) is 5.36. The van der Waals surface area contributed by atoms with E-state index in [4.69, 9.17) is 9.97 Å². The van der Waals surface area contributed by atoms with Crippen molar-refractivity contribution in [2.45, 2.75) is 128 Å². The predicted molar refractivity (Wildman–Crippen MR) is 207 cm³/mol. The van der Waals surface area contributed by atoms with Gasteiger partial charge in [-0.05, 0) is 84.5 Å². The van der Waals surface area contributed by atoms with Crippen LogP contribution in [0.2, 0.25) is 0 Å². The summed E-state index contributed by atoms with van der Waals surface area (Å²) in [5.74, 6) is -5.13. The molecule has 4 aliphatic carbocycles. The van der Waals surface area contributed by atoms with E-state index in [0.717, 1.165) is 72.2 Å². The van der Waals surface area contributed by atoms with E-state index in [2.05, 4.69) is 58.7 Å². The Balaban J connectivity index is 0.927. The molecule has 8 rings (SSSR count). The van der Waals surface area contributed by atoms with E-state index in [-0.39, 0.29) is 86.1 Å². The summed E-state index contributed by atoms with van der Waals surface area (Å²) in [6.07, 6.45) is 9.36. The minimum absolute atomic E-state index is 0.150. The number of nitrogens with one attached hydrogen (secondary N) is 4. The fourth-order valence-electron chi connectivity index (χ4n) is 9.26. The van der Waals surface area contributed by atoms with E-state index in [9.17, 15) is 27.2 Å².